The number of carbonyl (C=O) groups excluding carboxylic acids is 2. The molecule has 0 radical (unpaired) electrons. The third-order valence-electron chi connectivity index (χ3n) is 5.40. The first-order valence-electron chi connectivity index (χ1n) is 10.6. The van der Waals surface area contributed by atoms with E-state index in [0.717, 1.165) is 16.8 Å². The molecule has 0 spiro atoms. The summed E-state index contributed by atoms with van der Waals surface area (Å²) in [5.74, 6) is 0.593. The van der Waals surface area contributed by atoms with Gasteiger partial charge < -0.3 is 19.1 Å². The van der Waals surface area contributed by atoms with Gasteiger partial charge in [-0.15, -0.1) is 0 Å². The minimum atomic E-state index is -0.171. The number of ether oxygens (including phenoxy) is 3. The molecule has 178 valence electrons. The van der Waals surface area contributed by atoms with Gasteiger partial charge in [0, 0.05) is 13.1 Å². The van der Waals surface area contributed by atoms with Crippen molar-refractivity contribution in [2.75, 3.05) is 44.9 Å². The van der Waals surface area contributed by atoms with Gasteiger partial charge in [-0.2, -0.15) is 0 Å². The van der Waals surface area contributed by atoms with Crippen LogP contribution in [0, 0.1) is 6.92 Å². The zero-order chi connectivity index (χ0) is 24.2. The molecule has 34 heavy (non-hydrogen) atoms. The lowest BCUT2D eigenvalue weighted by atomic mass is 10.1. The maximum absolute atomic E-state index is 13.1. The van der Waals surface area contributed by atoms with Crippen LogP contribution >= 0.6 is 39.9 Å². The summed E-state index contributed by atoms with van der Waals surface area (Å²) < 4.78 is 17.7. The second-order valence-electron chi connectivity index (χ2n) is 7.62. The van der Waals surface area contributed by atoms with Gasteiger partial charge in [0.05, 0.1) is 35.4 Å². The van der Waals surface area contributed by atoms with E-state index in [1.807, 2.05) is 37.3 Å². The number of thiocarbonyl (C=S) groups is 1. The molecule has 2 aliphatic heterocycles. The first kappa shape index (κ1) is 24.7. The first-order valence-corrected chi connectivity index (χ1v) is 12.6. The molecule has 7 nitrogen and oxygen atoms in total. The molecule has 0 saturated carbocycles. The van der Waals surface area contributed by atoms with Crippen LogP contribution < -0.4 is 14.4 Å². The summed E-state index contributed by atoms with van der Waals surface area (Å²) in [6.45, 7) is 4.01. The highest BCUT2D eigenvalue weighted by molar-refractivity contribution is 9.10. The normalized spacial score (nSPS) is 17.4. The van der Waals surface area contributed by atoms with Crippen LogP contribution in [0.3, 0.4) is 0 Å². The van der Waals surface area contributed by atoms with E-state index >= 15 is 0 Å². The summed E-state index contributed by atoms with van der Waals surface area (Å²) in [4.78, 5) is 29.4. The largest absolute Gasteiger partial charge is 0.493 e. The number of amides is 2. The average Bonchev–Trinajstić information content (AvgIpc) is 3.11. The molecule has 2 saturated heterocycles. The SMILES string of the molecule is COc1cc(/C=C2\SC(=S)N(c3ccccc3C)C2=O)cc(Br)c1OCC(=O)N1CCOCC1. The summed E-state index contributed by atoms with van der Waals surface area (Å²) in [5, 5.41) is 0. The third-order valence-corrected chi connectivity index (χ3v) is 7.29. The van der Waals surface area contributed by atoms with Gasteiger partial charge in [-0.05, 0) is 58.3 Å². The van der Waals surface area contributed by atoms with E-state index in [-0.39, 0.29) is 18.4 Å². The lowest BCUT2D eigenvalue weighted by Crippen LogP contribution is -2.43. The third kappa shape index (κ3) is 5.30. The van der Waals surface area contributed by atoms with E-state index in [4.69, 9.17) is 26.4 Å². The Kier molecular flexibility index (Phi) is 7.92. The Morgan fingerprint density at radius 1 is 1.26 bits per heavy atom. The van der Waals surface area contributed by atoms with Crippen LogP contribution in [0.1, 0.15) is 11.1 Å². The van der Waals surface area contributed by atoms with Crippen LogP contribution in [0.15, 0.2) is 45.8 Å². The van der Waals surface area contributed by atoms with Crippen molar-refractivity contribution in [3.8, 4) is 11.5 Å². The summed E-state index contributed by atoms with van der Waals surface area (Å²) >= 11 is 10.3. The predicted octanol–water partition coefficient (Wildman–Crippen LogP) is 4.41. The van der Waals surface area contributed by atoms with Crippen LogP contribution in [-0.4, -0.2) is 61.1 Å². The van der Waals surface area contributed by atoms with Crippen molar-refractivity contribution in [2.24, 2.45) is 0 Å². The number of hydrogen-bond donors (Lipinski definition) is 0. The van der Waals surface area contributed by atoms with Gasteiger partial charge in [0.2, 0.25) is 0 Å². The molecule has 4 rings (SSSR count). The molecule has 0 aromatic heterocycles. The van der Waals surface area contributed by atoms with E-state index in [1.165, 1.54) is 18.9 Å². The number of carbonyl (C=O) groups is 2. The molecule has 0 bridgehead atoms. The number of benzene rings is 2. The molecule has 2 aromatic carbocycles. The number of morpholine rings is 1. The fourth-order valence-corrected chi connectivity index (χ4v) is 5.50. The molecule has 0 N–H and O–H groups in total. The average molecular weight is 563 g/mol. The molecular weight excluding hydrogens is 540 g/mol. The van der Waals surface area contributed by atoms with Crippen LogP contribution in [0.4, 0.5) is 5.69 Å². The van der Waals surface area contributed by atoms with E-state index in [0.29, 0.717) is 51.5 Å². The molecule has 0 aliphatic carbocycles. The lowest BCUT2D eigenvalue weighted by molar-refractivity contribution is -0.137. The summed E-state index contributed by atoms with van der Waals surface area (Å²) in [7, 11) is 1.53. The smallest absolute Gasteiger partial charge is 0.270 e. The number of thioether (sulfide) groups is 1. The highest BCUT2D eigenvalue weighted by Crippen LogP contribution is 2.40. The Bertz CT molecular complexity index is 1160. The quantitative estimate of drug-likeness (QED) is 0.381. The van der Waals surface area contributed by atoms with Crippen LogP contribution in [0.25, 0.3) is 6.08 Å². The van der Waals surface area contributed by atoms with E-state index in [9.17, 15) is 9.59 Å². The predicted molar refractivity (Wildman–Crippen MR) is 140 cm³/mol. The second-order valence-corrected chi connectivity index (χ2v) is 10.1. The zero-order valence-electron chi connectivity index (χ0n) is 18.7. The van der Waals surface area contributed by atoms with Gasteiger partial charge >= 0.3 is 0 Å². The highest BCUT2D eigenvalue weighted by Gasteiger charge is 2.34. The molecule has 2 amide bonds. The van der Waals surface area contributed by atoms with Crippen LogP contribution in [0.5, 0.6) is 11.5 Å². The van der Waals surface area contributed by atoms with Crippen LogP contribution in [0.2, 0.25) is 0 Å². The van der Waals surface area contributed by atoms with E-state index in [1.54, 1.807) is 21.9 Å². The fraction of sp³-hybridized carbons (Fsp3) is 0.292. The van der Waals surface area contributed by atoms with Gasteiger partial charge in [0.1, 0.15) is 0 Å². The van der Waals surface area contributed by atoms with Crippen molar-refractivity contribution in [3.05, 3.63) is 56.9 Å². The highest BCUT2D eigenvalue weighted by atomic mass is 79.9. The molecule has 2 aliphatic rings. The molecule has 10 heteroatoms. The maximum Gasteiger partial charge on any atom is 0.270 e. The van der Waals surface area contributed by atoms with Crippen molar-refractivity contribution in [3.63, 3.8) is 0 Å². The van der Waals surface area contributed by atoms with Gasteiger partial charge in [0.25, 0.3) is 11.8 Å². The van der Waals surface area contributed by atoms with E-state index in [2.05, 4.69) is 15.9 Å². The van der Waals surface area contributed by atoms with Gasteiger partial charge in [-0.1, -0.05) is 42.2 Å². The maximum atomic E-state index is 13.1. The Balaban J connectivity index is 1.53. The number of halogens is 1. The number of hydrogen-bond acceptors (Lipinski definition) is 7. The molecule has 0 unspecified atom stereocenters. The minimum Gasteiger partial charge on any atom is -0.493 e. The minimum absolute atomic E-state index is 0.108. The van der Waals surface area contributed by atoms with Crippen molar-refractivity contribution < 1.29 is 23.8 Å². The molecule has 2 aromatic rings. The molecule has 2 heterocycles. The Labute approximate surface area is 216 Å². The number of methoxy groups -OCH3 is 1. The molecule has 2 fully saturated rings. The van der Waals surface area contributed by atoms with E-state index < -0.39 is 0 Å². The Hall–Kier alpha value is -2.40. The summed E-state index contributed by atoms with van der Waals surface area (Å²) in [5.41, 5.74) is 2.49. The zero-order valence-corrected chi connectivity index (χ0v) is 21.9. The number of para-hydroxylation sites is 1. The topological polar surface area (TPSA) is 68.3 Å². The second kappa shape index (κ2) is 10.9. The van der Waals surface area contributed by atoms with Crippen LogP contribution in [-0.2, 0) is 14.3 Å². The van der Waals surface area contributed by atoms with Crippen molar-refractivity contribution in [2.45, 2.75) is 6.92 Å². The van der Waals surface area contributed by atoms with Crippen molar-refractivity contribution in [1.29, 1.82) is 0 Å². The van der Waals surface area contributed by atoms with Gasteiger partial charge in [-0.3, -0.25) is 14.5 Å². The van der Waals surface area contributed by atoms with Gasteiger partial charge in [-0.25, -0.2) is 0 Å². The molecular formula is C24H23BrN2O5S2. The Morgan fingerprint density at radius 3 is 2.71 bits per heavy atom. The van der Waals surface area contributed by atoms with Crippen molar-refractivity contribution >= 4 is 67.8 Å². The fourth-order valence-electron chi connectivity index (χ4n) is 3.64. The number of aryl methyl sites for hydroxylation is 1. The standard InChI is InChI=1S/C24H23BrN2O5S2/c1-15-5-3-4-6-18(15)27-23(29)20(34-24(27)33)13-16-11-17(25)22(19(12-16)30-2)32-14-21(28)26-7-9-31-10-8-26/h3-6,11-13H,7-10,14H2,1-2H3/b20-13-. The summed E-state index contributed by atoms with van der Waals surface area (Å²) in [6.07, 6.45) is 1.77. The summed E-state index contributed by atoms with van der Waals surface area (Å²) in [6, 6.07) is 11.2. The monoisotopic (exact) mass is 562 g/mol. The number of anilines is 1. The Morgan fingerprint density at radius 2 is 2.00 bits per heavy atom. The first-order chi connectivity index (χ1) is 16.4. The van der Waals surface area contributed by atoms with Gasteiger partial charge in [0.15, 0.2) is 22.4 Å². The number of nitrogens with zero attached hydrogens (tertiary/aromatic N) is 2. The van der Waals surface area contributed by atoms with Crippen molar-refractivity contribution in [1.82, 2.24) is 4.90 Å². The lowest BCUT2D eigenvalue weighted by Gasteiger charge is -2.27. The molecule has 0 atom stereocenters. The number of rotatable bonds is 6.